The van der Waals surface area contributed by atoms with E-state index in [0.717, 1.165) is 103 Å². The molecule has 0 fully saturated rings. The maximum Gasteiger partial charge on any atom is 0.306 e. The number of hydrogen-bond acceptors (Lipinski definition) is 8. The zero-order chi connectivity index (χ0) is 43.8. The lowest BCUT2D eigenvalue weighted by Crippen LogP contribution is -2.30. The molecule has 8 nitrogen and oxygen atoms in total. The number of ether oxygens (including phenoxy) is 6. The quantitative estimate of drug-likeness (QED) is 0.0319. The van der Waals surface area contributed by atoms with Gasteiger partial charge in [0, 0.05) is 52.1 Å². The van der Waals surface area contributed by atoms with E-state index in [0.29, 0.717) is 37.6 Å². The highest BCUT2D eigenvalue weighted by Gasteiger charge is 2.23. The highest BCUT2D eigenvalue weighted by Crippen LogP contribution is 2.44. The van der Waals surface area contributed by atoms with Crippen LogP contribution in [0.2, 0.25) is 0 Å². The standard InChI is InChI=1S/C52H81BrO8/c1-5-9-13-17-21-27-35-56-38-43(60-49(54)31-23-19-15-11-7-3)40-58-51-45-29-25-26-30-46(45)52(48-37-42(53)33-34-47(48)51)59-41-44(39-57-36-28-22-18-14-10-6-2)61-50(55)32-24-20-16-12-8-4/h25-26,29-30,33-34,37,43-44H,5-24,27-28,31-32,35-36,38-41H2,1-4H3. The van der Waals surface area contributed by atoms with Gasteiger partial charge >= 0.3 is 11.9 Å². The van der Waals surface area contributed by atoms with Gasteiger partial charge in [-0.25, -0.2) is 0 Å². The molecule has 0 amide bonds. The number of carbonyl (C=O) groups excluding carboxylic acids is 2. The van der Waals surface area contributed by atoms with Crippen molar-refractivity contribution in [3.05, 3.63) is 46.9 Å². The molecule has 0 saturated carbocycles. The summed E-state index contributed by atoms with van der Waals surface area (Å²) in [6, 6.07) is 14.1. The normalized spacial score (nSPS) is 12.5. The van der Waals surface area contributed by atoms with Gasteiger partial charge in [-0.1, -0.05) is 183 Å². The molecule has 0 N–H and O–H groups in total. The van der Waals surface area contributed by atoms with Crippen LogP contribution in [0.4, 0.5) is 0 Å². The fourth-order valence-electron chi connectivity index (χ4n) is 7.60. The molecule has 0 bridgehead atoms. The molecule has 0 aliphatic rings. The number of carbonyl (C=O) groups is 2. The first-order chi connectivity index (χ1) is 29.9. The van der Waals surface area contributed by atoms with E-state index in [1.165, 1.54) is 64.2 Å². The monoisotopic (exact) mass is 913 g/mol. The number of unbranched alkanes of at least 4 members (excludes halogenated alkanes) is 18. The van der Waals surface area contributed by atoms with Crippen LogP contribution < -0.4 is 9.47 Å². The van der Waals surface area contributed by atoms with E-state index in [9.17, 15) is 9.59 Å². The zero-order valence-corrected chi connectivity index (χ0v) is 40.1. The minimum absolute atomic E-state index is 0.149. The predicted molar refractivity (Wildman–Crippen MR) is 255 cm³/mol. The van der Waals surface area contributed by atoms with Crippen molar-refractivity contribution in [2.24, 2.45) is 0 Å². The summed E-state index contributed by atoms with van der Waals surface area (Å²) in [5.74, 6) is 0.954. The molecule has 3 rings (SSSR count). The Morgan fingerprint density at radius 1 is 0.459 bits per heavy atom. The topological polar surface area (TPSA) is 89.5 Å². The minimum Gasteiger partial charge on any atom is -0.488 e. The summed E-state index contributed by atoms with van der Waals surface area (Å²) in [4.78, 5) is 26.2. The van der Waals surface area contributed by atoms with Crippen LogP contribution >= 0.6 is 15.9 Å². The molecule has 61 heavy (non-hydrogen) atoms. The SMILES string of the molecule is CCCCCCCCOCC(COc1c2ccccc2c(OCC(COCCCCCCCC)OC(=O)CCCCCCC)c2cc(Br)ccc12)OC(=O)CCCCCCC. The van der Waals surface area contributed by atoms with E-state index >= 15 is 0 Å². The average Bonchev–Trinajstić information content (AvgIpc) is 3.26. The highest BCUT2D eigenvalue weighted by atomic mass is 79.9. The summed E-state index contributed by atoms with van der Waals surface area (Å²) in [6.45, 7) is 10.9. The molecule has 0 aliphatic carbocycles. The Kier molecular flexibility index (Phi) is 28.9. The Balaban J connectivity index is 1.80. The van der Waals surface area contributed by atoms with Crippen LogP contribution in [0, 0.1) is 0 Å². The molecular formula is C52H81BrO8. The van der Waals surface area contributed by atoms with Crippen LogP contribution in [0.1, 0.15) is 182 Å². The Morgan fingerprint density at radius 3 is 1.28 bits per heavy atom. The van der Waals surface area contributed by atoms with Gasteiger partial charge in [0.1, 0.15) is 24.7 Å². The van der Waals surface area contributed by atoms with Crippen LogP contribution in [0.5, 0.6) is 11.5 Å². The van der Waals surface area contributed by atoms with Gasteiger partial charge in [0.15, 0.2) is 12.2 Å². The van der Waals surface area contributed by atoms with E-state index < -0.39 is 12.2 Å². The number of esters is 2. The first-order valence-corrected chi connectivity index (χ1v) is 25.1. The van der Waals surface area contributed by atoms with E-state index in [1.807, 2.05) is 42.5 Å². The minimum atomic E-state index is -0.557. The summed E-state index contributed by atoms with van der Waals surface area (Å²) in [5.41, 5.74) is 0. The van der Waals surface area contributed by atoms with Crippen LogP contribution in [0.3, 0.4) is 0 Å². The molecule has 0 spiro atoms. The number of fused-ring (bicyclic) bond motifs is 2. The lowest BCUT2D eigenvalue weighted by atomic mass is 10.0. The lowest BCUT2D eigenvalue weighted by molar-refractivity contribution is -0.155. The molecule has 2 unspecified atom stereocenters. The Hall–Kier alpha value is -2.88. The zero-order valence-electron chi connectivity index (χ0n) is 38.6. The number of benzene rings is 3. The van der Waals surface area contributed by atoms with Crippen LogP contribution in [0.15, 0.2) is 46.9 Å². The summed E-state index contributed by atoms with van der Waals surface area (Å²) in [6.07, 6.45) is 24.5. The molecule has 0 heterocycles. The Labute approximate surface area is 378 Å². The third kappa shape index (κ3) is 21.9. The van der Waals surface area contributed by atoms with E-state index in [2.05, 4.69) is 43.6 Å². The van der Waals surface area contributed by atoms with Gasteiger partial charge in [-0.15, -0.1) is 0 Å². The molecule has 0 aliphatic heterocycles. The third-order valence-corrected chi connectivity index (χ3v) is 11.7. The molecule has 0 aromatic heterocycles. The van der Waals surface area contributed by atoms with Crippen molar-refractivity contribution in [2.75, 3.05) is 39.6 Å². The molecule has 3 aromatic rings. The average molecular weight is 914 g/mol. The van der Waals surface area contributed by atoms with Crippen LogP contribution in [-0.4, -0.2) is 63.8 Å². The lowest BCUT2D eigenvalue weighted by Gasteiger charge is -2.23. The van der Waals surface area contributed by atoms with Crippen molar-refractivity contribution >= 4 is 49.4 Å². The molecule has 9 heteroatoms. The van der Waals surface area contributed by atoms with Gasteiger partial charge in [-0.05, 0) is 43.9 Å². The maximum absolute atomic E-state index is 13.1. The number of rotatable bonds is 38. The van der Waals surface area contributed by atoms with Crippen molar-refractivity contribution in [1.82, 2.24) is 0 Å². The molecule has 0 radical (unpaired) electrons. The van der Waals surface area contributed by atoms with Crippen molar-refractivity contribution in [3.63, 3.8) is 0 Å². The second kappa shape index (κ2) is 33.6. The molecular weight excluding hydrogens is 832 g/mol. The number of hydrogen-bond donors (Lipinski definition) is 0. The highest BCUT2D eigenvalue weighted by molar-refractivity contribution is 9.10. The Morgan fingerprint density at radius 2 is 0.836 bits per heavy atom. The van der Waals surface area contributed by atoms with Gasteiger partial charge in [-0.2, -0.15) is 0 Å². The fraction of sp³-hybridized carbons (Fsp3) is 0.692. The molecule has 0 saturated heterocycles. The van der Waals surface area contributed by atoms with Gasteiger partial charge in [0.25, 0.3) is 0 Å². The maximum atomic E-state index is 13.1. The third-order valence-electron chi connectivity index (χ3n) is 11.2. The van der Waals surface area contributed by atoms with Gasteiger partial charge in [0.2, 0.25) is 0 Å². The summed E-state index contributed by atoms with van der Waals surface area (Å²) in [5, 5.41) is 3.47. The second-order valence-electron chi connectivity index (χ2n) is 16.8. The van der Waals surface area contributed by atoms with Crippen molar-refractivity contribution < 1.29 is 38.0 Å². The summed E-state index contributed by atoms with van der Waals surface area (Å²) >= 11 is 3.70. The van der Waals surface area contributed by atoms with Crippen molar-refractivity contribution in [1.29, 1.82) is 0 Å². The van der Waals surface area contributed by atoms with Crippen LogP contribution in [-0.2, 0) is 28.5 Å². The molecule has 2 atom stereocenters. The first kappa shape index (κ1) is 52.5. The van der Waals surface area contributed by atoms with Gasteiger partial charge in [0.05, 0.1) is 13.2 Å². The van der Waals surface area contributed by atoms with Crippen LogP contribution in [0.25, 0.3) is 21.5 Å². The van der Waals surface area contributed by atoms with Gasteiger partial charge < -0.3 is 28.4 Å². The summed E-state index contributed by atoms with van der Waals surface area (Å²) in [7, 11) is 0. The van der Waals surface area contributed by atoms with Crippen molar-refractivity contribution in [2.45, 2.75) is 194 Å². The number of halogens is 1. The first-order valence-electron chi connectivity index (χ1n) is 24.4. The molecule has 344 valence electrons. The summed E-state index contributed by atoms with van der Waals surface area (Å²) < 4.78 is 38.6. The van der Waals surface area contributed by atoms with E-state index in [4.69, 9.17) is 28.4 Å². The largest absolute Gasteiger partial charge is 0.488 e. The predicted octanol–water partition coefficient (Wildman–Crippen LogP) is 14.8. The Bertz CT molecular complexity index is 1610. The van der Waals surface area contributed by atoms with Gasteiger partial charge in [-0.3, -0.25) is 9.59 Å². The fourth-order valence-corrected chi connectivity index (χ4v) is 7.96. The second-order valence-corrected chi connectivity index (χ2v) is 17.7. The van der Waals surface area contributed by atoms with Crippen molar-refractivity contribution in [3.8, 4) is 11.5 Å². The smallest absolute Gasteiger partial charge is 0.306 e. The van der Waals surface area contributed by atoms with E-state index in [-0.39, 0.29) is 38.4 Å². The van der Waals surface area contributed by atoms with E-state index in [1.54, 1.807) is 0 Å². The molecule has 3 aromatic carbocycles.